The second-order valence-corrected chi connectivity index (χ2v) is 9.43. The van der Waals surface area contributed by atoms with E-state index in [0.717, 1.165) is 23.7 Å². The summed E-state index contributed by atoms with van der Waals surface area (Å²) in [7, 11) is -3.72. The van der Waals surface area contributed by atoms with Crippen LogP contribution in [-0.2, 0) is 21.2 Å². The van der Waals surface area contributed by atoms with Crippen LogP contribution in [0.25, 0.3) is 0 Å². The predicted molar refractivity (Wildman–Crippen MR) is 110 cm³/mol. The number of hydrogen-bond donors (Lipinski definition) is 1. The van der Waals surface area contributed by atoms with Crippen LogP contribution in [0.5, 0.6) is 0 Å². The van der Waals surface area contributed by atoms with Crippen molar-refractivity contribution in [3.05, 3.63) is 58.6 Å². The molecule has 0 aliphatic carbocycles. The lowest BCUT2D eigenvalue weighted by Crippen LogP contribution is -2.49. The minimum atomic E-state index is -3.72. The Hall–Kier alpha value is -1.70. The lowest BCUT2D eigenvalue weighted by atomic mass is 10.0. The van der Waals surface area contributed by atoms with Crippen LogP contribution in [0.1, 0.15) is 31.7 Å². The van der Waals surface area contributed by atoms with E-state index in [4.69, 9.17) is 0 Å². The highest BCUT2D eigenvalue weighted by atomic mass is 79.9. The molecule has 2 aromatic carbocycles. The van der Waals surface area contributed by atoms with Gasteiger partial charge in [0, 0.05) is 16.7 Å². The molecule has 1 saturated heterocycles. The van der Waals surface area contributed by atoms with E-state index in [-0.39, 0.29) is 10.8 Å². The van der Waals surface area contributed by atoms with Gasteiger partial charge in [0.05, 0.1) is 4.90 Å². The number of hydrogen-bond acceptors (Lipinski definition) is 3. The van der Waals surface area contributed by atoms with E-state index in [1.807, 2.05) is 24.3 Å². The van der Waals surface area contributed by atoms with E-state index in [1.54, 1.807) is 24.3 Å². The molecule has 2 aromatic rings. The number of halogens is 1. The summed E-state index contributed by atoms with van der Waals surface area (Å²) < 4.78 is 28.3. The number of piperidine rings is 1. The maximum absolute atomic E-state index is 13.1. The third-order valence-corrected chi connectivity index (χ3v) is 7.26. The summed E-state index contributed by atoms with van der Waals surface area (Å²) in [5, 5.41) is 2.87. The van der Waals surface area contributed by atoms with Crippen LogP contribution in [0.2, 0.25) is 0 Å². The zero-order chi connectivity index (χ0) is 19.4. The van der Waals surface area contributed by atoms with E-state index in [9.17, 15) is 13.2 Å². The molecule has 1 unspecified atom stereocenters. The lowest BCUT2D eigenvalue weighted by Gasteiger charge is -2.33. The Morgan fingerprint density at radius 3 is 2.41 bits per heavy atom. The first-order valence-electron chi connectivity index (χ1n) is 9.09. The maximum Gasteiger partial charge on any atom is 0.243 e. The van der Waals surface area contributed by atoms with Crippen molar-refractivity contribution in [2.24, 2.45) is 0 Å². The number of sulfonamides is 1. The maximum atomic E-state index is 13.1. The molecule has 0 bridgehead atoms. The minimum Gasteiger partial charge on any atom is -0.325 e. The van der Waals surface area contributed by atoms with Gasteiger partial charge in [0.2, 0.25) is 15.9 Å². The van der Waals surface area contributed by atoms with Gasteiger partial charge in [0.1, 0.15) is 6.04 Å². The normalized spacial score (nSPS) is 18.2. The van der Waals surface area contributed by atoms with Crippen LogP contribution in [0.3, 0.4) is 0 Å². The number of amides is 1. The van der Waals surface area contributed by atoms with Gasteiger partial charge in [0.25, 0.3) is 0 Å². The third-order valence-electron chi connectivity index (χ3n) is 4.81. The number of nitrogens with zero attached hydrogens (tertiary/aromatic N) is 1. The van der Waals surface area contributed by atoms with Crippen LogP contribution in [-0.4, -0.2) is 31.2 Å². The van der Waals surface area contributed by atoms with E-state index in [1.165, 1.54) is 9.87 Å². The highest BCUT2D eigenvalue weighted by molar-refractivity contribution is 9.10. The van der Waals surface area contributed by atoms with Crippen molar-refractivity contribution in [2.45, 2.75) is 43.5 Å². The average molecular weight is 451 g/mol. The quantitative estimate of drug-likeness (QED) is 0.742. The summed E-state index contributed by atoms with van der Waals surface area (Å²) in [5.74, 6) is -0.278. The monoisotopic (exact) mass is 450 g/mol. The number of carbonyl (C=O) groups is 1. The molecule has 0 spiro atoms. The van der Waals surface area contributed by atoms with Crippen LogP contribution >= 0.6 is 15.9 Å². The van der Waals surface area contributed by atoms with Gasteiger partial charge in [-0.3, -0.25) is 4.79 Å². The molecule has 1 aliphatic heterocycles. The van der Waals surface area contributed by atoms with Gasteiger partial charge in [-0.2, -0.15) is 4.31 Å². The van der Waals surface area contributed by atoms with Gasteiger partial charge in [-0.25, -0.2) is 8.42 Å². The van der Waals surface area contributed by atoms with E-state index < -0.39 is 16.1 Å². The lowest BCUT2D eigenvalue weighted by molar-refractivity contribution is -0.120. The Morgan fingerprint density at radius 2 is 1.78 bits per heavy atom. The SMILES string of the molecule is CCc1ccc(NC(=O)C2CCCCN2S(=O)(=O)c2ccc(Br)cc2)cc1. The molecule has 0 saturated carbocycles. The molecule has 1 fully saturated rings. The molecule has 144 valence electrons. The minimum absolute atomic E-state index is 0.206. The molecule has 1 atom stereocenters. The first-order chi connectivity index (χ1) is 12.9. The Bertz CT molecular complexity index is 896. The molecule has 0 aromatic heterocycles. The van der Waals surface area contributed by atoms with Crippen molar-refractivity contribution >= 4 is 37.5 Å². The summed E-state index contributed by atoms with van der Waals surface area (Å²) in [6, 6.07) is 13.5. The Kier molecular flexibility index (Phi) is 6.34. The Labute approximate surface area is 169 Å². The van der Waals surface area contributed by atoms with Crippen LogP contribution < -0.4 is 5.32 Å². The molecule has 1 amide bonds. The number of aryl methyl sites for hydroxylation is 1. The number of benzene rings is 2. The van der Waals surface area contributed by atoms with E-state index >= 15 is 0 Å². The van der Waals surface area contributed by atoms with Crippen molar-refractivity contribution in [3.8, 4) is 0 Å². The smallest absolute Gasteiger partial charge is 0.243 e. The Morgan fingerprint density at radius 1 is 1.11 bits per heavy atom. The first-order valence-corrected chi connectivity index (χ1v) is 11.3. The molecule has 5 nitrogen and oxygen atoms in total. The van der Waals surface area contributed by atoms with Gasteiger partial charge in [-0.1, -0.05) is 41.4 Å². The van der Waals surface area contributed by atoms with Gasteiger partial charge < -0.3 is 5.32 Å². The number of anilines is 1. The van der Waals surface area contributed by atoms with E-state index in [0.29, 0.717) is 18.7 Å². The first kappa shape index (κ1) is 20.0. The summed E-state index contributed by atoms with van der Waals surface area (Å²) in [5.41, 5.74) is 1.87. The van der Waals surface area contributed by atoms with Crippen molar-refractivity contribution in [3.63, 3.8) is 0 Å². The zero-order valence-corrected chi connectivity index (χ0v) is 17.6. The second kappa shape index (κ2) is 8.54. The molecular weight excluding hydrogens is 428 g/mol. The number of carbonyl (C=O) groups excluding carboxylic acids is 1. The molecular formula is C20H23BrN2O3S. The molecule has 1 aliphatic rings. The standard InChI is InChI=1S/C20H23BrN2O3S/c1-2-15-6-10-17(11-7-15)22-20(24)19-5-3-4-14-23(19)27(25,26)18-12-8-16(21)9-13-18/h6-13,19H,2-5,14H2,1H3,(H,22,24). The van der Waals surface area contributed by atoms with Crippen LogP contribution in [0.15, 0.2) is 57.9 Å². The number of rotatable bonds is 5. The fraction of sp³-hybridized carbons (Fsp3) is 0.350. The van der Waals surface area contributed by atoms with Crippen molar-refractivity contribution in [2.75, 3.05) is 11.9 Å². The van der Waals surface area contributed by atoms with E-state index in [2.05, 4.69) is 28.2 Å². The van der Waals surface area contributed by atoms with Gasteiger partial charge in [0.15, 0.2) is 0 Å². The van der Waals surface area contributed by atoms with Crippen molar-refractivity contribution in [1.82, 2.24) is 4.31 Å². The topological polar surface area (TPSA) is 66.5 Å². The van der Waals surface area contributed by atoms with Gasteiger partial charge in [-0.05, 0) is 61.2 Å². The molecule has 1 heterocycles. The van der Waals surface area contributed by atoms with Crippen LogP contribution in [0, 0.1) is 0 Å². The van der Waals surface area contributed by atoms with Gasteiger partial charge >= 0.3 is 0 Å². The summed E-state index contributed by atoms with van der Waals surface area (Å²) in [6.45, 7) is 2.42. The molecule has 1 N–H and O–H groups in total. The molecule has 0 radical (unpaired) electrons. The highest BCUT2D eigenvalue weighted by Crippen LogP contribution is 2.27. The summed E-state index contributed by atoms with van der Waals surface area (Å²) in [6.07, 6.45) is 3.04. The predicted octanol–water partition coefficient (Wildman–Crippen LogP) is 4.19. The summed E-state index contributed by atoms with van der Waals surface area (Å²) in [4.78, 5) is 13.0. The highest BCUT2D eigenvalue weighted by Gasteiger charge is 2.37. The largest absolute Gasteiger partial charge is 0.325 e. The molecule has 27 heavy (non-hydrogen) atoms. The van der Waals surface area contributed by atoms with Crippen LogP contribution in [0.4, 0.5) is 5.69 Å². The van der Waals surface area contributed by atoms with Gasteiger partial charge in [-0.15, -0.1) is 0 Å². The number of nitrogens with one attached hydrogen (secondary N) is 1. The van der Waals surface area contributed by atoms with Crippen molar-refractivity contribution < 1.29 is 13.2 Å². The second-order valence-electron chi connectivity index (χ2n) is 6.62. The summed E-state index contributed by atoms with van der Waals surface area (Å²) >= 11 is 3.32. The fourth-order valence-electron chi connectivity index (χ4n) is 3.25. The Balaban J connectivity index is 1.81. The third kappa shape index (κ3) is 4.59. The van der Waals surface area contributed by atoms with Crippen molar-refractivity contribution in [1.29, 1.82) is 0 Å². The fourth-order valence-corrected chi connectivity index (χ4v) is 5.17. The molecule has 3 rings (SSSR count). The zero-order valence-electron chi connectivity index (χ0n) is 15.2. The average Bonchev–Trinajstić information content (AvgIpc) is 2.69. The molecule has 7 heteroatoms.